The molecule has 0 atom stereocenters. The van der Waals surface area contributed by atoms with Gasteiger partial charge >= 0.3 is 0 Å². The normalized spacial score (nSPS) is 10.1. The van der Waals surface area contributed by atoms with E-state index < -0.39 is 0 Å². The Kier molecular flexibility index (Phi) is 5.06. The van der Waals surface area contributed by atoms with Crippen LogP contribution in [0.15, 0.2) is 41.1 Å². The lowest BCUT2D eigenvalue weighted by Crippen LogP contribution is -2.24. The Morgan fingerprint density at radius 2 is 2.05 bits per heavy atom. The molecule has 0 radical (unpaired) electrons. The quantitative estimate of drug-likeness (QED) is 0.881. The standard InChI is InChI=1S/C14H15BrN4O/c1-2-16-13-9-17-12(8-18-13)14(20)19-7-10-5-3-4-6-11(10)15/h3-6,8-9H,2,7H2,1H3,(H,16,18)(H,19,20). The van der Waals surface area contributed by atoms with Crippen LogP contribution in [0.2, 0.25) is 0 Å². The zero-order valence-corrected chi connectivity index (χ0v) is 12.6. The van der Waals surface area contributed by atoms with Crippen molar-refractivity contribution in [3.8, 4) is 0 Å². The second kappa shape index (κ2) is 7.00. The Morgan fingerprint density at radius 1 is 1.25 bits per heavy atom. The van der Waals surface area contributed by atoms with Gasteiger partial charge in [0.25, 0.3) is 5.91 Å². The lowest BCUT2D eigenvalue weighted by Gasteiger charge is -2.07. The van der Waals surface area contributed by atoms with Crippen molar-refractivity contribution in [2.45, 2.75) is 13.5 Å². The van der Waals surface area contributed by atoms with Crippen LogP contribution in [0.25, 0.3) is 0 Å². The zero-order valence-electron chi connectivity index (χ0n) is 11.1. The van der Waals surface area contributed by atoms with Gasteiger partial charge in [0.05, 0.1) is 12.4 Å². The van der Waals surface area contributed by atoms with Crippen LogP contribution in [0, 0.1) is 0 Å². The lowest BCUT2D eigenvalue weighted by atomic mass is 10.2. The summed E-state index contributed by atoms with van der Waals surface area (Å²) in [7, 11) is 0. The average molecular weight is 335 g/mol. The smallest absolute Gasteiger partial charge is 0.271 e. The van der Waals surface area contributed by atoms with E-state index in [-0.39, 0.29) is 5.91 Å². The molecule has 5 nitrogen and oxygen atoms in total. The summed E-state index contributed by atoms with van der Waals surface area (Å²) in [6.45, 7) is 3.18. The van der Waals surface area contributed by atoms with Crippen molar-refractivity contribution in [1.29, 1.82) is 0 Å². The minimum absolute atomic E-state index is 0.240. The number of nitrogens with zero attached hydrogens (tertiary/aromatic N) is 2. The minimum Gasteiger partial charge on any atom is -0.369 e. The average Bonchev–Trinajstić information content (AvgIpc) is 2.47. The van der Waals surface area contributed by atoms with E-state index in [1.165, 1.54) is 6.20 Å². The minimum atomic E-state index is -0.240. The predicted molar refractivity (Wildman–Crippen MR) is 81.5 cm³/mol. The number of hydrogen-bond acceptors (Lipinski definition) is 4. The highest BCUT2D eigenvalue weighted by molar-refractivity contribution is 9.10. The second-order valence-electron chi connectivity index (χ2n) is 4.09. The number of anilines is 1. The van der Waals surface area contributed by atoms with E-state index in [1.807, 2.05) is 31.2 Å². The maximum Gasteiger partial charge on any atom is 0.271 e. The molecule has 0 saturated carbocycles. The van der Waals surface area contributed by atoms with Gasteiger partial charge in [-0.1, -0.05) is 34.1 Å². The third kappa shape index (κ3) is 3.77. The fourth-order valence-electron chi connectivity index (χ4n) is 1.63. The molecule has 1 aromatic carbocycles. The van der Waals surface area contributed by atoms with E-state index in [4.69, 9.17) is 0 Å². The van der Waals surface area contributed by atoms with E-state index >= 15 is 0 Å². The summed E-state index contributed by atoms with van der Waals surface area (Å²) in [4.78, 5) is 20.2. The van der Waals surface area contributed by atoms with Crippen molar-refractivity contribution in [2.24, 2.45) is 0 Å². The van der Waals surface area contributed by atoms with Gasteiger partial charge in [-0.15, -0.1) is 0 Å². The molecule has 0 bridgehead atoms. The van der Waals surface area contributed by atoms with Gasteiger partial charge in [0, 0.05) is 17.6 Å². The van der Waals surface area contributed by atoms with Gasteiger partial charge in [-0.05, 0) is 18.6 Å². The van der Waals surface area contributed by atoms with E-state index in [2.05, 4.69) is 36.5 Å². The van der Waals surface area contributed by atoms with Crippen LogP contribution >= 0.6 is 15.9 Å². The predicted octanol–water partition coefficient (Wildman–Crippen LogP) is 2.60. The molecule has 2 aromatic rings. The molecule has 20 heavy (non-hydrogen) atoms. The first kappa shape index (κ1) is 14.5. The summed E-state index contributed by atoms with van der Waals surface area (Å²) in [5.74, 6) is 0.422. The van der Waals surface area contributed by atoms with Crippen LogP contribution in [0.4, 0.5) is 5.82 Å². The Morgan fingerprint density at radius 3 is 2.70 bits per heavy atom. The summed E-state index contributed by atoms with van der Waals surface area (Å²) < 4.78 is 0.967. The number of carbonyl (C=O) groups is 1. The molecule has 1 heterocycles. The van der Waals surface area contributed by atoms with Crippen LogP contribution < -0.4 is 10.6 Å². The molecule has 1 aromatic heterocycles. The molecule has 0 aliphatic carbocycles. The number of halogens is 1. The first-order valence-corrected chi connectivity index (χ1v) is 7.07. The van der Waals surface area contributed by atoms with Crippen LogP contribution in [-0.2, 0) is 6.54 Å². The van der Waals surface area contributed by atoms with Crippen molar-refractivity contribution in [2.75, 3.05) is 11.9 Å². The first-order chi connectivity index (χ1) is 9.70. The fourth-order valence-corrected chi connectivity index (χ4v) is 2.05. The Balaban J connectivity index is 1.96. The molecule has 2 N–H and O–H groups in total. The van der Waals surface area contributed by atoms with E-state index in [0.717, 1.165) is 16.6 Å². The number of nitrogens with one attached hydrogen (secondary N) is 2. The maximum atomic E-state index is 11.9. The Bertz CT molecular complexity index is 586. The van der Waals surface area contributed by atoms with Gasteiger partial charge in [-0.25, -0.2) is 9.97 Å². The number of amides is 1. The monoisotopic (exact) mass is 334 g/mol. The van der Waals surface area contributed by atoms with Gasteiger partial charge in [0.1, 0.15) is 11.5 Å². The molecule has 6 heteroatoms. The largest absolute Gasteiger partial charge is 0.369 e. The van der Waals surface area contributed by atoms with Crippen LogP contribution in [-0.4, -0.2) is 22.4 Å². The van der Waals surface area contributed by atoms with E-state index in [0.29, 0.717) is 18.1 Å². The van der Waals surface area contributed by atoms with Crippen LogP contribution in [0.3, 0.4) is 0 Å². The van der Waals surface area contributed by atoms with Gasteiger partial charge < -0.3 is 10.6 Å². The lowest BCUT2D eigenvalue weighted by molar-refractivity contribution is 0.0945. The first-order valence-electron chi connectivity index (χ1n) is 6.28. The van der Waals surface area contributed by atoms with Gasteiger partial charge in [-0.2, -0.15) is 0 Å². The van der Waals surface area contributed by atoms with Crippen LogP contribution in [0.1, 0.15) is 23.0 Å². The van der Waals surface area contributed by atoms with Crippen molar-refractivity contribution in [1.82, 2.24) is 15.3 Å². The highest BCUT2D eigenvalue weighted by Crippen LogP contribution is 2.15. The third-order valence-corrected chi connectivity index (χ3v) is 3.41. The SMILES string of the molecule is CCNc1cnc(C(=O)NCc2ccccc2Br)cn1. The topological polar surface area (TPSA) is 66.9 Å². The summed E-state index contributed by atoms with van der Waals surface area (Å²) in [6.07, 6.45) is 3.02. The Labute approximate surface area is 126 Å². The summed E-state index contributed by atoms with van der Waals surface area (Å²) >= 11 is 3.44. The second-order valence-corrected chi connectivity index (χ2v) is 4.95. The van der Waals surface area contributed by atoms with Gasteiger partial charge in [0.15, 0.2) is 0 Å². The van der Waals surface area contributed by atoms with E-state index in [1.54, 1.807) is 6.20 Å². The molecule has 1 amide bonds. The summed E-state index contributed by atoms with van der Waals surface area (Å²) in [5, 5.41) is 5.84. The molecule has 0 fully saturated rings. The van der Waals surface area contributed by atoms with Crippen molar-refractivity contribution in [3.05, 3.63) is 52.4 Å². The van der Waals surface area contributed by atoms with Crippen molar-refractivity contribution < 1.29 is 4.79 Å². The molecule has 0 spiro atoms. The molecule has 0 unspecified atom stereocenters. The number of carbonyl (C=O) groups excluding carboxylic acids is 1. The molecular formula is C14H15BrN4O. The maximum absolute atomic E-state index is 11.9. The number of rotatable bonds is 5. The van der Waals surface area contributed by atoms with Gasteiger partial charge in [-0.3, -0.25) is 4.79 Å². The zero-order chi connectivity index (χ0) is 14.4. The number of benzene rings is 1. The number of hydrogen-bond donors (Lipinski definition) is 2. The Hall–Kier alpha value is -1.95. The molecule has 0 aliphatic rings. The molecular weight excluding hydrogens is 320 g/mol. The van der Waals surface area contributed by atoms with E-state index in [9.17, 15) is 4.79 Å². The number of aromatic nitrogens is 2. The van der Waals surface area contributed by atoms with Crippen molar-refractivity contribution in [3.63, 3.8) is 0 Å². The van der Waals surface area contributed by atoms with Crippen molar-refractivity contribution >= 4 is 27.7 Å². The summed E-state index contributed by atoms with van der Waals surface area (Å²) in [5.41, 5.74) is 1.32. The molecule has 2 rings (SSSR count). The van der Waals surface area contributed by atoms with Crippen LogP contribution in [0.5, 0.6) is 0 Å². The molecule has 0 aliphatic heterocycles. The fraction of sp³-hybridized carbons (Fsp3) is 0.214. The molecule has 104 valence electrons. The third-order valence-electron chi connectivity index (χ3n) is 2.64. The molecule has 0 saturated heterocycles. The highest BCUT2D eigenvalue weighted by Gasteiger charge is 2.08. The summed E-state index contributed by atoms with van der Waals surface area (Å²) in [6, 6.07) is 7.74. The van der Waals surface area contributed by atoms with Gasteiger partial charge in [0.2, 0.25) is 0 Å². The highest BCUT2D eigenvalue weighted by atomic mass is 79.9.